The zero-order valence-electron chi connectivity index (χ0n) is 25.4. The van der Waals surface area contributed by atoms with Gasteiger partial charge in [-0.25, -0.2) is 0 Å². The zero-order valence-corrected chi connectivity index (χ0v) is 25.4. The Hall–Kier alpha value is -4.88. The first-order chi connectivity index (χ1) is 20.9. The molecule has 0 heterocycles. The lowest BCUT2D eigenvalue weighted by Crippen LogP contribution is -2.43. The van der Waals surface area contributed by atoms with Crippen LogP contribution in [0.1, 0.15) is 38.8 Å². The van der Waals surface area contributed by atoms with Crippen molar-refractivity contribution in [2.75, 3.05) is 4.90 Å². The Morgan fingerprint density at radius 3 is 1.53 bits per heavy atom. The lowest BCUT2D eigenvalue weighted by Gasteiger charge is -2.49. The fourth-order valence-electron chi connectivity index (χ4n) is 6.92. The maximum absolute atomic E-state index is 2.43. The third kappa shape index (κ3) is 4.31. The van der Waals surface area contributed by atoms with E-state index in [-0.39, 0.29) is 10.8 Å². The molecule has 7 rings (SSSR count). The van der Waals surface area contributed by atoms with E-state index in [4.69, 9.17) is 0 Å². The van der Waals surface area contributed by atoms with Gasteiger partial charge in [0.05, 0.1) is 11.4 Å². The molecule has 6 aromatic carbocycles. The minimum absolute atomic E-state index is 0.0145. The molecule has 210 valence electrons. The van der Waals surface area contributed by atoms with Crippen LogP contribution in [-0.4, -0.2) is 0 Å². The highest BCUT2D eigenvalue weighted by Crippen LogP contribution is 2.57. The molecule has 0 saturated carbocycles. The Bertz CT molecular complexity index is 1910. The molecule has 0 unspecified atom stereocenters. The summed E-state index contributed by atoms with van der Waals surface area (Å²) in [7, 11) is 0. The van der Waals surface area contributed by atoms with Crippen LogP contribution < -0.4 is 4.90 Å². The van der Waals surface area contributed by atoms with Gasteiger partial charge in [0.25, 0.3) is 0 Å². The highest BCUT2D eigenvalue weighted by molar-refractivity contribution is 5.98. The number of nitrogens with zero attached hydrogens (tertiary/aromatic N) is 1. The molecule has 0 aromatic heterocycles. The van der Waals surface area contributed by atoms with E-state index < -0.39 is 0 Å². The third-order valence-electron chi connectivity index (χ3n) is 9.85. The van der Waals surface area contributed by atoms with Gasteiger partial charge in [-0.2, -0.15) is 0 Å². The van der Waals surface area contributed by atoms with Crippen molar-refractivity contribution in [3.8, 4) is 33.4 Å². The minimum atomic E-state index is -0.0549. The number of benzene rings is 6. The van der Waals surface area contributed by atoms with Crippen LogP contribution in [0.5, 0.6) is 0 Å². The quantitative estimate of drug-likeness (QED) is 0.204. The molecular weight excluding hydrogens is 518 g/mol. The fraction of sp³-hybridized carbons (Fsp3) is 0.143. The summed E-state index contributed by atoms with van der Waals surface area (Å²) >= 11 is 0. The van der Waals surface area contributed by atoms with E-state index in [1.54, 1.807) is 0 Å². The summed E-state index contributed by atoms with van der Waals surface area (Å²) in [6, 6.07) is 55.0. The SMILES string of the molecule is CC1(C)c2ccccc2-c2c(-c3ccccc3N(c3ccccc3)c3ccccc3-c3ccccc3)cccc2C1(C)C. The van der Waals surface area contributed by atoms with Crippen LogP contribution in [0.3, 0.4) is 0 Å². The van der Waals surface area contributed by atoms with Crippen molar-refractivity contribution < 1.29 is 0 Å². The van der Waals surface area contributed by atoms with Gasteiger partial charge in [-0.05, 0) is 68.5 Å². The van der Waals surface area contributed by atoms with Crippen molar-refractivity contribution in [2.24, 2.45) is 0 Å². The number of fused-ring (bicyclic) bond motifs is 3. The predicted molar refractivity (Wildman–Crippen MR) is 183 cm³/mol. The molecule has 1 heteroatoms. The highest BCUT2D eigenvalue weighted by atomic mass is 15.1. The van der Waals surface area contributed by atoms with Crippen molar-refractivity contribution in [3.05, 3.63) is 163 Å². The molecule has 0 radical (unpaired) electrons. The van der Waals surface area contributed by atoms with E-state index >= 15 is 0 Å². The first kappa shape index (κ1) is 27.0. The molecule has 0 saturated heterocycles. The monoisotopic (exact) mass is 555 g/mol. The molecule has 0 amide bonds. The molecule has 1 aliphatic rings. The van der Waals surface area contributed by atoms with Crippen molar-refractivity contribution in [1.82, 2.24) is 0 Å². The van der Waals surface area contributed by atoms with Gasteiger partial charge < -0.3 is 4.90 Å². The minimum Gasteiger partial charge on any atom is -0.309 e. The standard InChI is InChI=1S/C42H37N/c1-41(2)36-26-14-11-24-35(36)40-34(25-17-27-37(40)42(41,3)4)33-23-13-16-29-39(33)43(31-20-9-6-10-21-31)38-28-15-12-22-32(38)30-18-7-5-8-19-30/h5-29H,1-4H3. The molecule has 0 bridgehead atoms. The molecular formula is C42H37N. The Morgan fingerprint density at radius 1 is 0.372 bits per heavy atom. The predicted octanol–water partition coefficient (Wildman–Crippen LogP) is 11.7. The number of hydrogen-bond acceptors (Lipinski definition) is 1. The summed E-state index contributed by atoms with van der Waals surface area (Å²) in [6.45, 7) is 9.60. The smallest absolute Gasteiger partial charge is 0.0540 e. The Balaban J connectivity index is 1.52. The molecule has 6 aromatic rings. The van der Waals surface area contributed by atoms with Crippen LogP contribution in [0, 0.1) is 0 Å². The van der Waals surface area contributed by atoms with E-state index in [1.807, 2.05) is 0 Å². The van der Waals surface area contributed by atoms with Gasteiger partial charge in [-0.3, -0.25) is 0 Å². The van der Waals surface area contributed by atoms with Crippen LogP contribution in [0.4, 0.5) is 17.1 Å². The van der Waals surface area contributed by atoms with Gasteiger partial charge in [0, 0.05) is 16.8 Å². The molecule has 0 fully saturated rings. The molecule has 0 aliphatic heterocycles. The topological polar surface area (TPSA) is 3.24 Å². The maximum atomic E-state index is 2.43. The number of anilines is 3. The average molecular weight is 556 g/mol. The van der Waals surface area contributed by atoms with Gasteiger partial charge in [0.2, 0.25) is 0 Å². The second-order valence-corrected chi connectivity index (χ2v) is 12.6. The summed E-state index contributed by atoms with van der Waals surface area (Å²) in [6.07, 6.45) is 0. The Morgan fingerprint density at radius 2 is 0.837 bits per heavy atom. The van der Waals surface area contributed by atoms with E-state index in [9.17, 15) is 0 Å². The highest BCUT2D eigenvalue weighted by Gasteiger charge is 2.46. The summed E-state index contributed by atoms with van der Waals surface area (Å²) in [5.41, 5.74) is 13.7. The van der Waals surface area contributed by atoms with Crippen LogP contribution >= 0.6 is 0 Å². The number of para-hydroxylation sites is 3. The maximum Gasteiger partial charge on any atom is 0.0540 e. The van der Waals surface area contributed by atoms with E-state index in [0.29, 0.717) is 0 Å². The first-order valence-electron chi connectivity index (χ1n) is 15.2. The van der Waals surface area contributed by atoms with Crippen molar-refractivity contribution in [3.63, 3.8) is 0 Å². The van der Waals surface area contributed by atoms with E-state index in [2.05, 4.69) is 184 Å². The summed E-state index contributed by atoms with van der Waals surface area (Å²) < 4.78 is 0. The van der Waals surface area contributed by atoms with E-state index in [1.165, 1.54) is 44.5 Å². The number of hydrogen-bond donors (Lipinski definition) is 0. The van der Waals surface area contributed by atoms with Gasteiger partial charge in [0.1, 0.15) is 0 Å². The van der Waals surface area contributed by atoms with Crippen molar-refractivity contribution in [1.29, 1.82) is 0 Å². The fourth-order valence-corrected chi connectivity index (χ4v) is 6.92. The van der Waals surface area contributed by atoms with Crippen molar-refractivity contribution in [2.45, 2.75) is 38.5 Å². The molecule has 0 N–H and O–H groups in total. The second kappa shape index (κ2) is 10.4. The van der Waals surface area contributed by atoms with Crippen LogP contribution in [0.25, 0.3) is 33.4 Å². The lowest BCUT2D eigenvalue weighted by atomic mass is 9.55. The Kier molecular flexibility index (Phi) is 6.55. The van der Waals surface area contributed by atoms with Gasteiger partial charge in [-0.1, -0.05) is 155 Å². The lowest BCUT2D eigenvalue weighted by molar-refractivity contribution is 0.299. The summed E-state index contributed by atoms with van der Waals surface area (Å²) in [5, 5.41) is 0. The van der Waals surface area contributed by atoms with E-state index in [0.717, 1.165) is 17.1 Å². The largest absolute Gasteiger partial charge is 0.309 e. The Labute approximate surface area is 256 Å². The van der Waals surface area contributed by atoms with Crippen LogP contribution in [0.15, 0.2) is 152 Å². The van der Waals surface area contributed by atoms with Crippen molar-refractivity contribution >= 4 is 17.1 Å². The number of rotatable bonds is 5. The first-order valence-corrected chi connectivity index (χ1v) is 15.2. The molecule has 0 spiro atoms. The van der Waals surface area contributed by atoms with Crippen LogP contribution in [0.2, 0.25) is 0 Å². The normalized spacial score (nSPS) is 14.4. The molecule has 1 nitrogen and oxygen atoms in total. The second-order valence-electron chi connectivity index (χ2n) is 12.6. The van der Waals surface area contributed by atoms with Gasteiger partial charge in [0.15, 0.2) is 0 Å². The molecule has 0 atom stereocenters. The summed E-state index contributed by atoms with van der Waals surface area (Å²) in [5.74, 6) is 0. The van der Waals surface area contributed by atoms with Gasteiger partial charge in [-0.15, -0.1) is 0 Å². The molecule has 1 aliphatic carbocycles. The van der Waals surface area contributed by atoms with Gasteiger partial charge >= 0.3 is 0 Å². The average Bonchev–Trinajstić information content (AvgIpc) is 3.05. The molecule has 43 heavy (non-hydrogen) atoms. The van der Waals surface area contributed by atoms with Crippen LogP contribution in [-0.2, 0) is 10.8 Å². The third-order valence-corrected chi connectivity index (χ3v) is 9.85. The zero-order chi connectivity index (χ0) is 29.6. The summed E-state index contributed by atoms with van der Waals surface area (Å²) in [4.78, 5) is 2.43.